The number of benzene rings is 1. The number of nitrogens with zero attached hydrogens (tertiary/aromatic N) is 1. The third kappa shape index (κ3) is 3.88. The smallest absolute Gasteiger partial charge is 0.416 e. The largest absolute Gasteiger partial charge is 0.468 e. The molecule has 1 aromatic carbocycles. The van der Waals surface area contributed by atoms with Crippen LogP contribution >= 0.6 is 0 Å². The van der Waals surface area contributed by atoms with E-state index >= 15 is 0 Å². The number of methoxy groups -OCH3 is 1. The molecule has 0 spiro atoms. The highest BCUT2D eigenvalue weighted by Gasteiger charge is 2.39. The second kappa shape index (κ2) is 7.41. The molecule has 1 atom stereocenters. The van der Waals surface area contributed by atoms with Gasteiger partial charge in [-0.15, -0.1) is 0 Å². The molecule has 2 heterocycles. The van der Waals surface area contributed by atoms with Gasteiger partial charge in [-0.25, -0.2) is 0 Å². The van der Waals surface area contributed by atoms with Crippen molar-refractivity contribution in [3.63, 3.8) is 0 Å². The monoisotopic (exact) mass is 394 g/mol. The van der Waals surface area contributed by atoms with Crippen LogP contribution in [-0.4, -0.2) is 30.0 Å². The van der Waals surface area contributed by atoms with Crippen LogP contribution in [0.3, 0.4) is 0 Å². The Labute approximate surface area is 158 Å². The summed E-state index contributed by atoms with van der Waals surface area (Å²) < 4.78 is 51.2. The maximum atomic E-state index is 13.1. The molecule has 1 aliphatic rings. The van der Waals surface area contributed by atoms with Crippen molar-refractivity contribution in [3.8, 4) is 0 Å². The molecular weight excluding hydrogens is 377 g/mol. The molecule has 1 N–H and O–H groups in total. The normalized spacial score (nSPS) is 16.9. The molecule has 0 amide bonds. The van der Waals surface area contributed by atoms with Crippen molar-refractivity contribution in [3.05, 3.63) is 65.3 Å². The zero-order chi connectivity index (χ0) is 20.5. The lowest BCUT2D eigenvalue weighted by Gasteiger charge is -2.11. The molecule has 9 heteroatoms. The van der Waals surface area contributed by atoms with Crippen LogP contribution in [0.2, 0.25) is 0 Å². The average Bonchev–Trinajstić information content (AvgIpc) is 3.22. The highest BCUT2D eigenvalue weighted by molar-refractivity contribution is 6.25. The molecule has 0 bridgehead atoms. The third-order valence-electron chi connectivity index (χ3n) is 4.20. The van der Waals surface area contributed by atoms with Gasteiger partial charge in [0, 0.05) is 25.0 Å². The van der Waals surface area contributed by atoms with E-state index in [-0.39, 0.29) is 23.6 Å². The van der Waals surface area contributed by atoms with E-state index in [1.54, 1.807) is 30.1 Å². The molecule has 28 heavy (non-hydrogen) atoms. The van der Waals surface area contributed by atoms with E-state index in [2.05, 4.69) is 10.1 Å². The van der Waals surface area contributed by atoms with Gasteiger partial charge in [-0.2, -0.15) is 13.2 Å². The fourth-order valence-corrected chi connectivity index (χ4v) is 2.85. The van der Waals surface area contributed by atoms with E-state index in [4.69, 9.17) is 4.74 Å². The van der Waals surface area contributed by atoms with Gasteiger partial charge in [0.25, 0.3) is 0 Å². The molecule has 1 aliphatic heterocycles. The number of aromatic nitrogens is 1. The number of carbonyl (C=O) groups excluding carboxylic acids is 2. The minimum atomic E-state index is -4.56. The van der Waals surface area contributed by atoms with E-state index in [1.165, 1.54) is 19.2 Å². The molecule has 0 fully saturated rings. The molecule has 6 nitrogen and oxygen atoms in total. The van der Waals surface area contributed by atoms with Crippen LogP contribution in [0.25, 0.3) is 5.57 Å². The van der Waals surface area contributed by atoms with Gasteiger partial charge in [-0.1, -0.05) is 12.1 Å². The molecule has 3 rings (SSSR count). The lowest BCUT2D eigenvalue weighted by Crippen LogP contribution is -2.24. The van der Waals surface area contributed by atoms with E-state index < -0.39 is 29.6 Å². The molecule has 2 aromatic rings. The zero-order valence-corrected chi connectivity index (χ0v) is 15.0. The quantitative estimate of drug-likeness (QED) is 0.790. The second-order valence-electron chi connectivity index (χ2n) is 6.18. The summed E-state index contributed by atoms with van der Waals surface area (Å²) in [6.07, 6.45) is -2.19. The Morgan fingerprint density at radius 1 is 1.32 bits per heavy atom. The van der Waals surface area contributed by atoms with Crippen molar-refractivity contribution in [2.45, 2.75) is 12.3 Å². The highest BCUT2D eigenvalue weighted by atomic mass is 19.4. The molecule has 148 valence electrons. The summed E-state index contributed by atoms with van der Waals surface area (Å²) >= 11 is 0. The minimum absolute atomic E-state index is 0.0469. The van der Waals surface area contributed by atoms with E-state index in [0.717, 1.165) is 12.1 Å². The molecule has 0 radical (unpaired) electrons. The van der Waals surface area contributed by atoms with Gasteiger partial charge in [0.1, 0.15) is 6.54 Å². The summed E-state index contributed by atoms with van der Waals surface area (Å²) in [6.45, 7) is -0.302. The van der Waals surface area contributed by atoms with Crippen molar-refractivity contribution in [1.29, 1.82) is 0 Å². The second-order valence-corrected chi connectivity index (χ2v) is 6.18. The number of Topliss-reactive ketones (excluding diaryl/α,β-unsaturated/α-hetero) is 1. The Hall–Kier alpha value is -3.23. The molecule has 1 aromatic heterocycles. The van der Waals surface area contributed by atoms with Gasteiger partial charge in [-0.3, -0.25) is 9.59 Å². The number of carbonyl (C=O) groups is 2. The molecule has 0 saturated heterocycles. The first kappa shape index (κ1) is 19.5. The van der Waals surface area contributed by atoms with Crippen molar-refractivity contribution in [2.75, 3.05) is 13.7 Å². The van der Waals surface area contributed by atoms with Gasteiger partial charge >= 0.3 is 12.1 Å². The van der Waals surface area contributed by atoms with Gasteiger partial charge in [-0.05, 0) is 23.8 Å². The molecule has 0 aliphatic carbocycles. The fourth-order valence-electron chi connectivity index (χ4n) is 2.85. The van der Waals surface area contributed by atoms with Crippen LogP contribution < -0.4 is 5.32 Å². The minimum Gasteiger partial charge on any atom is -0.468 e. The maximum absolute atomic E-state index is 13.1. The molecule has 1 unspecified atom stereocenters. The number of hydrogen-bond donors (Lipinski definition) is 1. The summed E-state index contributed by atoms with van der Waals surface area (Å²) in [5, 5.41) is 2.65. The zero-order valence-electron chi connectivity index (χ0n) is 15.0. The number of alkyl halides is 3. The number of ether oxygens (including phenoxy) is 2. The number of halogens is 3. The van der Waals surface area contributed by atoms with Crippen LogP contribution in [-0.2, 0) is 32.3 Å². The fraction of sp³-hybridized carbons (Fsp3) is 0.263. The number of rotatable bonds is 5. The third-order valence-corrected chi connectivity index (χ3v) is 4.20. The Morgan fingerprint density at radius 3 is 2.68 bits per heavy atom. The standard InChI is InChI=1S/C19H17F3N2O4/c1-24-7-6-12(10-24)17-16(26)15(18(28-17)23-9-14(25)27-2)11-4-3-5-13(8-11)19(20,21)22/h3-8,10,17,23H,9H2,1-2H3. The van der Waals surface area contributed by atoms with Gasteiger partial charge in [0.15, 0.2) is 12.0 Å². The average molecular weight is 394 g/mol. The van der Waals surface area contributed by atoms with Crippen LogP contribution in [0, 0.1) is 0 Å². The summed E-state index contributed by atoms with van der Waals surface area (Å²) in [5.41, 5.74) is -0.345. The topological polar surface area (TPSA) is 69.6 Å². The Kier molecular flexibility index (Phi) is 5.17. The predicted octanol–water partition coefficient (Wildman–Crippen LogP) is 2.82. The Balaban J connectivity index is 2.01. The molecular formula is C19H17F3N2O4. The lowest BCUT2D eigenvalue weighted by molar-refractivity contribution is -0.139. The first-order valence-electron chi connectivity index (χ1n) is 8.26. The van der Waals surface area contributed by atoms with Crippen LogP contribution in [0.1, 0.15) is 22.8 Å². The summed E-state index contributed by atoms with van der Waals surface area (Å²) in [6, 6.07) is 6.07. The highest BCUT2D eigenvalue weighted by Crippen LogP contribution is 2.39. The Morgan fingerprint density at radius 2 is 2.07 bits per heavy atom. The van der Waals surface area contributed by atoms with Crippen molar-refractivity contribution < 1.29 is 32.2 Å². The predicted molar refractivity (Wildman–Crippen MR) is 92.6 cm³/mol. The van der Waals surface area contributed by atoms with Crippen LogP contribution in [0.15, 0.2) is 48.6 Å². The number of esters is 1. The van der Waals surface area contributed by atoms with E-state index in [1.807, 2.05) is 0 Å². The van der Waals surface area contributed by atoms with Crippen molar-refractivity contribution in [2.24, 2.45) is 7.05 Å². The first-order chi connectivity index (χ1) is 13.2. The number of hydrogen-bond acceptors (Lipinski definition) is 5. The van der Waals surface area contributed by atoms with Crippen LogP contribution in [0.5, 0.6) is 0 Å². The van der Waals surface area contributed by atoms with Gasteiger partial charge in [0.05, 0.1) is 18.2 Å². The van der Waals surface area contributed by atoms with Gasteiger partial charge in [0.2, 0.25) is 5.78 Å². The lowest BCUT2D eigenvalue weighted by atomic mass is 9.96. The summed E-state index contributed by atoms with van der Waals surface area (Å²) in [7, 11) is 2.96. The van der Waals surface area contributed by atoms with Crippen molar-refractivity contribution >= 4 is 17.3 Å². The number of aryl methyl sites for hydroxylation is 1. The summed E-state index contributed by atoms with van der Waals surface area (Å²) in [5.74, 6) is -1.18. The van der Waals surface area contributed by atoms with Crippen LogP contribution in [0.4, 0.5) is 13.2 Å². The number of nitrogens with one attached hydrogen (secondary N) is 1. The maximum Gasteiger partial charge on any atom is 0.416 e. The first-order valence-corrected chi connectivity index (χ1v) is 8.26. The van der Waals surface area contributed by atoms with E-state index in [0.29, 0.717) is 5.56 Å². The van der Waals surface area contributed by atoms with E-state index in [9.17, 15) is 22.8 Å². The number of ketones is 1. The summed E-state index contributed by atoms with van der Waals surface area (Å²) in [4.78, 5) is 24.4. The SMILES string of the molecule is COC(=O)CNC1=C(c2cccc(C(F)(F)F)c2)C(=O)C(c2ccn(C)c2)O1. The van der Waals surface area contributed by atoms with Crippen molar-refractivity contribution in [1.82, 2.24) is 9.88 Å². The Bertz CT molecular complexity index is 947. The molecule has 0 saturated carbocycles. The van der Waals surface area contributed by atoms with Gasteiger partial charge < -0.3 is 19.4 Å².